The van der Waals surface area contributed by atoms with E-state index >= 15 is 0 Å². The monoisotopic (exact) mass is 524 g/mol. The van der Waals surface area contributed by atoms with E-state index in [-0.39, 0.29) is 24.7 Å². The van der Waals surface area contributed by atoms with Gasteiger partial charge in [0.15, 0.2) is 5.43 Å². The highest BCUT2D eigenvalue weighted by Crippen LogP contribution is 2.25. The quantitative estimate of drug-likeness (QED) is 0.161. The molecule has 5 aromatic carbocycles. The summed E-state index contributed by atoms with van der Waals surface area (Å²) in [5.74, 6) is -0.380. The molecule has 1 heterocycles. The Morgan fingerprint density at radius 3 is 1.92 bits per heavy atom. The van der Waals surface area contributed by atoms with Crippen LogP contribution in [0.2, 0.25) is 0 Å². The van der Waals surface area contributed by atoms with E-state index in [2.05, 4.69) is 72.8 Å². The number of hydrogen-bond acceptors (Lipinski definition) is 4. The molecule has 0 atom stereocenters. The van der Waals surface area contributed by atoms with Gasteiger partial charge in [-0.15, -0.1) is 11.3 Å². The van der Waals surface area contributed by atoms with E-state index in [9.17, 15) is 9.59 Å². The second kappa shape index (κ2) is 11.1. The molecule has 0 aliphatic rings. The molecule has 5 heteroatoms. The molecule has 0 aliphatic heterocycles. The molecule has 0 bridgehead atoms. The molecular weight excluding hydrogens is 499 g/mol. The average molecular weight is 524 g/mol. The van der Waals surface area contributed by atoms with Gasteiger partial charge >= 0.3 is 5.97 Å². The maximum Gasteiger partial charge on any atom is 0.338 e. The highest BCUT2D eigenvalue weighted by atomic mass is 32.1. The lowest BCUT2D eigenvalue weighted by molar-refractivity contribution is 0.0509. The summed E-state index contributed by atoms with van der Waals surface area (Å²) in [6.07, 6.45) is 0.624. The fourth-order valence-corrected chi connectivity index (χ4v) is 6.13. The number of carbonyl (C=O) groups is 1. The van der Waals surface area contributed by atoms with E-state index in [4.69, 9.17) is 4.74 Å². The summed E-state index contributed by atoms with van der Waals surface area (Å²) in [4.78, 5) is 25.6. The predicted molar refractivity (Wildman–Crippen MR) is 164 cm³/mol. The van der Waals surface area contributed by atoms with Crippen LogP contribution < -0.4 is 21.8 Å². The molecule has 0 spiro atoms. The summed E-state index contributed by atoms with van der Waals surface area (Å²) in [5, 5.41) is 1.33. The molecule has 6 rings (SSSR count). The number of rotatable bonds is 7. The number of fused-ring (bicyclic) bond motifs is 2. The van der Waals surface area contributed by atoms with Gasteiger partial charge in [-0.3, -0.25) is 4.79 Å². The number of esters is 1. The van der Waals surface area contributed by atoms with Crippen LogP contribution in [-0.2, 0) is 11.2 Å². The minimum Gasteiger partial charge on any atom is -0.462 e. The molecule has 0 radical (unpaired) electrons. The third-order valence-corrected chi connectivity index (χ3v) is 8.15. The van der Waals surface area contributed by atoms with Gasteiger partial charge in [-0.05, 0) is 35.9 Å². The lowest BCUT2D eigenvalue weighted by Crippen LogP contribution is -2.51. The van der Waals surface area contributed by atoms with Crippen molar-refractivity contribution in [2.75, 3.05) is 6.61 Å². The molecule has 188 valence electrons. The van der Waals surface area contributed by atoms with Crippen molar-refractivity contribution < 1.29 is 9.53 Å². The second-order valence-electron chi connectivity index (χ2n) is 9.52. The zero-order valence-electron chi connectivity index (χ0n) is 21.2. The van der Waals surface area contributed by atoms with Gasteiger partial charge in [-0.25, -0.2) is 4.79 Å². The number of benzene rings is 5. The summed E-state index contributed by atoms with van der Waals surface area (Å²) >= 11 is 1.51. The van der Waals surface area contributed by atoms with Crippen LogP contribution in [0.5, 0.6) is 0 Å². The van der Waals surface area contributed by atoms with E-state index < -0.39 is 0 Å². The summed E-state index contributed by atoms with van der Waals surface area (Å²) in [6.45, 7) is 0.435. The molecule has 3 nitrogen and oxygen atoms in total. The molecule has 0 saturated heterocycles. The summed E-state index contributed by atoms with van der Waals surface area (Å²) in [7, 11) is 0. The first-order valence-corrected chi connectivity index (χ1v) is 13.8. The van der Waals surface area contributed by atoms with Gasteiger partial charge in [0.1, 0.15) is 0 Å². The maximum absolute atomic E-state index is 12.8. The van der Waals surface area contributed by atoms with Crippen molar-refractivity contribution in [3.8, 4) is 0 Å². The fourth-order valence-electron chi connectivity index (χ4n) is 5.02. The average Bonchev–Trinajstić information content (AvgIpc) is 2.99. The first-order chi connectivity index (χ1) is 19.2. The Morgan fingerprint density at radius 2 is 1.23 bits per heavy atom. The Morgan fingerprint density at radius 1 is 0.641 bits per heavy atom. The second-order valence-corrected chi connectivity index (χ2v) is 10.6. The lowest BCUT2D eigenvalue weighted by atomic mass is 9.37. The zero-order chi connectivity index (χ0) is 26.6. The largest absolute Gasteiger partial charge is 0.462 e. The van der Waals surface area contributed by atoms with Crippen LogP contribution in [0.3, 0.4) is 0 Å². The molecule has 0 amide bonds. The van der Waals surface area contributed by atoms with E-state index in [1.54, 1.807) is 18.2 Å². The molecule has 0 N–H and O–H groups in total. The highest BCUT2D eigenvalue weighted by molar-refractivity contribution is 7.24. The molecular formula is C34H25BO3S. The Bertz CT molecular complexity index is 1770. The van der Waals surface area contributed by atoms with Crippen LogP contribution in [0.1, 0.15) is 15.9 Å². The standard InChI is InChI=1S/C34H25BO3S/c36-33-29-13-7-8-14-31(29)39-32-23-25(17-20-30(32)33)34(37)38-22-21-24-15-18-28(19-16-24)35(26-9-3-1-4-10-26)27-11-5-2-6-12-27/h1-20,23H,21-22H2. The number of carbonyl (C=O) groups excluding carboxylic acids is 1. The zero-order valence-corrected chi connectivity index (χ0v) is 22.1. The first kappa shape index (κ1) is 24.8. The third kappa shape index (κ3) is 5.27. The van der Waals surface area contributed by atoms with Crippen LogP contribution >= 0.6 is 11.3 Å². The van der Waals surface area contributed by atoms with E-state index in [1.807, 2.05) is 36.4 Å². The van der Waals surface area contributed by atoms with Crippen LogP contribution in [-0.4, -0.2) is 19.3 Å². The molecule has 39 heavy (non-hydrogen) atoms. The summed E-state index contributed by atoms with van der Waals surface area (Å²) in [5.41, 5.74) is 5.27. The van der Waals surface area contributed by atoms with Gasteiger partial charge in [0.25, 0.3) is 0 Å². The predicted octanol–water partition coefficient (Wildman–Crippen LogP) is 5.33. The minimum atomic E-state index is -0.380. The molecule has 0 unspecified atom stereocenters. The smallest absolute Gasteiger partial charge is 0.338 e. The van der Waals surface area contributed by atoms with Crippen LogP contribution in [0.4, 0.5) is 0 Å². The van der Waals surface area contributed by atoms with Crippen molar-refractivity contribution in [3.63, 3.8) is 0 Å². The highest BCUT2D eigenvalue weighted by Gasteiger charge is 2.21. The Hall–Kier alpha value is -4.48. The van der Waals surface area contributed by atoms with Crippen LogP contribution in [0.25, 0.3) is 20.2 Å². The van der Waals surface area contributed by atoms with Crippen molar-refractivity contribution >= 4 is 60.6 Å². The van der Waals surface area contributed by atoms with Gasteiger partial charge in [0.05, 0.1) is 12.2 Å². The van der Waals surface area contributed by atoms with E-state index in [0.717, 1.165) is 15.0 Å². The van der Waals surface area contributed by atoms with Crippen LogP contribution in [0, 0.1) is 0 Å². The number of ether oxygens (including phenoxy) is 1. The van der Waals surface area contributed by atoms with E-state index in [0.29, 0.717) is 22.8 Å². The third-order valence-electron chi connectivity index (χ3n) is 7.02. The van der Waals surface area contributed by atoms with Crippen LogP contribution in [0.15, 0.2) is 132 Å². The van der Waals surface area contributed by atoms with Crippen molar-refractivity contribution in [2.45, 2.75) is 6.42 Å². The van der Waals surface area contributed by atoms with Gasteiger partial charge in [-0.2, -0.15) is 0 Å². The van der Waals surface area contributed by atoms with Crippen molar-refractivity contribution in [1.29, 1.82) is 0 Å². The Balaban J connectivity index is 1.14. The Kier molecular flexibility index (Phi) is 7.07. The first-order valence-electron chi connectivity index (χ1n) is 13.0. The van der Waals surface area contributed by atoms with Crippen molar-refractivity contribution in [3.05, 3.63) is 149 Å². The van der Waals surface area contributed by atoms with Crippen molar-refractivity contribution in [2.24, 2.45) is 0 Å². The lowest BCUT2D eigenvalue weighted by Gasteiger charge is -2.16. The topological polar surface area (TPSA) is 43.4 Å². The van der Waals surface area contributed by atoms with Gasteiger partial charge < -0.3 is 4.74 Å². The fraction of sp³-hybridized carbons (Fsp3) is 0.0588. The number of hydrogen-bond donors (Lipinski definition) is 0. The van der Waals surface area contributed by atoms with Gasteiger partial charge in [-0.1, -0.05) is 113 Å². The molecule has 0 saturated carbocycles. The Labute approximate surface area is 231 Å². The maximum atomic E-state index is 12.8. The normalized spacial score (nSPS) is 11.0. The van der Waals surface area contributed by atoms with Crippen molar-refractivity contribution in [1.82, 2.24) is 0 Å². The van der Waals surface area contributed by atoms with Gasteiger partial charge in [0.2, 0.25) is 6.71 Å². The molecule has 0 aliphatic carbocycles. The molecule has 6 aromatic rings. The minimum absolute atomic E-state index is 0.00974. The molecule has 0 fully saturated rings. The molecule has 1 aromatic heterocycles. The van der Waals surface area contributed by atoms with Gasteiger partial charge in [0, 0.05) is 26.6 Å². The summed E-state index contributed by atoms with van der Waals surface area (Å²) < 4.78 is 7.30. The van der Waals surface area contributed by atoms with E-state index in [1.165, 1.54) is 27.7 Å². The SMILES string of the molecule is O=C(OCCc1ccc(B(c2ccccc2)c2ccccc2)cc1)c1ccc2c(=O)c3ccccc3sc2c1. The summed E-state index contributed by atoms with van der Waals surface area (Å²) in [6, 6.07) is 42.3.